The Morgan fingerprint density at radius 1 is 1.32 bits per heavy atom. The van der Waals surface area contributed by atoms with E-state index < -0.39 is 11.9 Å². The Balaban J connectivity index is 2.48. The van der Waals surface area contributed by atoms with E-state index in [0.29, 0.717) is 18.5 Å². The van der Waals surface area contributed by atoms with E-state index in [1.165, 1.54) is 4.90 Å². The van der Waals surface area contributed by atoms with Crippen molar-refractivity contribution in [1.29, 1.82) is 0 Å². The van der Waals surface area contributed by atoms with Crippen LogP contribution in [0.15, 0.2) is 24.8 Å². The lowest BCUT2D eigenvalue weighted by molar-refractivity contribution is -0.134. The first kappa shape index (κ1) is 15.8. The number of carbonyl (C=O) groups is 3. The van der Waals surface area contributed by atoms with Gasteiger partial charge in [0.15, 0.2) is 0 Å². The van der Waals surface area contributed by atoms with Gasteiger partial charge in [0, 0.05) is 20.5 Å². The van der Waals surface area contributed by atoms with Crippen molar-refractivity contribution in [3.8, 4) is 0 Å². The summed E-state index contributed by atoms with van der Waals surface area (Å²) in [7, 11) is 3.72. The molecule has 1 fully saturated rings. The number of hydrogen-bond donors (Lipinski definition) is 1. The van der Waals surface area contributed by atoms with Crippen molar-refractivity contribution < 1.29 is 14.4 Å². The van der Waals surface area contributed by atoms with Crippen molar-refractivity contribution in [2.75, 3.05) is 23.9 Å². The lowest BCUT2D eigenvalue weighted by Crippen LogP contribution is -2.52. The number of nitrogens with zero attached hydrogens (tertiary/aromatic N) is 2. The van der Waals surface area contributed by atoms with Gasteiger partial charge in [-0.05, 0) is 18.1 Å². The molecule has 1 aliphatic heterocycles. The largest absolute Gasteiger partial charge is 0.375 e. The fourth-order valence-corrected chi connectivity index (χ4v) is 2.65. The minimum Gasteiger partial charge on any atom is -0.375 e. The molecule has 3 amide bonds. The average Bonchev–Trinajstić information content (AvgIpc) is 2.49. The summed E-state index contributed by atoms with van der Waals surface area (Å²) in [6.45, 7) is 3.78. The maximum absolute atomic E-state index is 12.0. The van der Waals surface area contributed by atoms with Crippen molar-refractivity contribution >= 4 is 35.7 Å². The van der Waals surface area contributed by atoms with Gasteiger partial charge in [0.25, 0.3) is 0 Å². The highest BCUT2D eigenvalue weighted by atomic mass is 16.2. The van der Waals surface area contributed by atoms with Gasteiger partial charge in [0.05, 0.1) is 11.4 Å². The molecule has 2 rings (SSSR count). The van der Waals surface area contributed by atoms with E-state index in [1.807, 2.05) is 31.1 Å². The Bertz CT molecular complexity index is 625. The second-order valence-corrected chi connectivity index (χ2v) is 5.29. The van der Waals surface area contributed by atoms with Gasteiger partial charge in [-0.25, -0.2) is 0 Å². The molecule has 1 aromatic rings. The van der Waals surface area contributed by atoms with E-state index >= 15 is 0 Å². The Morgan fingerprint density at radius 3 is 2.59 bits per heavy atom. The molecule has 116 valence electrons. The van der Waals surface area contributed by atoms with Gasteiger partial charge in [0.1, 0.15) is 6.04 Å². The van der Waals surface area contributed by atoms with Gasteiger partial charge in [-0.3, -0.25) is 19.7 Å². The Kier molecular flexibility index (Phi) is 4.60. The number of hydrogen-bond acceptors (Lipinski definition) is 4. The fraction of sp³-hybridized carbons (Fsp3) is 0.312. The van der Waals surface area contributed by atoms with Gasteiger partial charge >= 0.3 is 0 Å². The minimum atomic E-state index is -0.686. The van der Waals surface area contributed by atoms with E-state index in [-0.39, 0.29) is 12.3 Å². The zero-order valence-corrected chi connectivity index (χ0v) is 12.7. The first-order valence-electron chi connectivity index (χ1n) is 6.99. The van der Waals surface area contributed by atoms with Crippen molar-refractivity contribution in [3.63, 3.8) is 0 Å². The molecule has 1 aliphatic rings. The van der Waals surface area contributed by atoms with Crippen LogP contribution in [-0.2, 0) is 14.4 Å². The summed E-state index contributed by atoms with van der Waals surface area (Å²) in [4.78, 5) is 38.2. The molecule has 1 heterocycles. The molecule has 0 spiro atoms. The lowest BCUT2D eigenvalue weighted by atomic mass is 10.0. The first-order valence-corrected chi connectivity index (χ1v) is 6.99. The second-order valence-electron chi connectivity index (χ2n) is 5.29. The predicted molar refractivity (Wildman–Crippen MR) is 85.6 cm³/mol. The van der Waals surface area contributed by atoms with Gasteiger partial charge < -0.3 is 9.80 Å². The standard InChI is InChI=1S/C16H19N3O3/c1-4-11-6-5-7-12(15(11)18(2)3)19(10-20)13-8-9-14(21)17-16(13)22/h4-7,10,13H,1,8-9H2,2-3H3,(H,17,21,22). The van der Waals surface area contributed by atoms with Gasteiger partial charge in [-0.2, -0.15) is 0 Å². The third-order valence-electron chi connectivity index (χ3n) is 3.65. The smallest absolute Gasteiger partial charge is 0.249 e. The molecule has 0 bridgehead atoms. The van der Waals surface area contributed by atoms with Crippen LogP contribution in [0.4, 0.5) is 11.4 Å². The van der Waals surface area contributed by atoms with Crippen LogP contribution in [0.2, 0.25) is 0 Å². The van der Waals surface area contributed by atoms with Crippen LogP contribution in [0.3, 0.4) is 0 Å². The van der Waals surface area contributed by atoms with Gasteiger partial charge in [-0.1, -0.05) is 24.8 Å². The van der Waals surface area contributed by atoms with Gasteiger partial charge in [-0.15, -0.1) is 0 Å². The molecule has 0 aliphatic carbocycles. The predicted octanol–water partition coefficient (Wildman–Crippen LogP) is 1.16. The summed E-state index contributed by atoms with van der Waals surface area (Å²) in [5.41, 5.74) is 2.28. The quantitative estimate of drug-likeness (QED) is 0.654. The van der Waals surface area contributed by atoms with Crippen molar-refractivity contribution in [2.24, 2.45) is 0 Å². The number of benzene rings is 1. The number of para-hydroxylation sites is 1. The number of anilines is 2. The molecule has 0 radical (unpaired) electrons. The van der Waals surface area contributed by atoms with E-state index in [1.54, 1.807) is 12.1 Å². The van der Waals surface area contributed by atoms with Crippen molar-refractivity contribution in [3.05, 3.63) is 30.3 Å². The number of imide groups is 1. The number of carbonyl (C=O) groups excluding carboxylic acids is 3. The maximum Gasteiger partial charge on any atom is 0.249 e. The Labute approximate surface area is 129 Å². The highest BCUT2D eigenvalue weighted by molar-refractivity contribution is 6.05. The van der Waals surface area contributed by atoms with Crippen LogP contribution in [-0.4, -0.2) is 38.4 Å². The van der Waals surface area contributed by atoms with E-state index in [9.17, 15) is 14.4 Å². The monoisotopic (exact) mass is 301 g/mol. The highest BCUT2D eigenvalue weighted by Crippen LogP contribution is 2.34. The molecule has 1 aromatic carbocycles. The van der Waals surface area contributed by atoms with Crippen LogP contribution < -0.4 is 15.1 Å². The fourth-order valence-electron chi connectivity index (χ4n) is 2.65. The molecule has 1 atom stereocenters. The van der Waals surface area contributed by atoms with E-state index in [4.69, 9.17) is 0 Å². The van der Waals surface area contributed by atoms with Crippen LogP contribution >= 0.6 is 0 Å². The second kappa shape index (κ2) is 6.43. The van der Waals surface area contributed by atoms with Crippen molar-refractivity contribution in [2.45, 2.75) is 18.9 Å². The van der Waals surface area contributed by atoms with Gasteiger partial charge in [0.2, 0.25) is 18.2 Å². The number of piperidine rings is 1. The molecule has 22 heavy (non-hydrogen) atoms. The summed E-state index contributed by atoms with van der Waals surface area (Å²) >= 11 is 0. The van der Waals surface area contributed by atoms with Crippen LogP contribution in [0.1, 0.15) is 18.4 Å². The van der Waals surface area contributed by atoms with E-state index in [2.05, 4.69) is 11.9 Å². The molecule has 1 N–H and O–H groups in total. The zero-order chi connectivity index (χ0) is 16.3. The summed E-state index contributed by atoms with van der Waals surface area (Å²) in [6, 6.07) is 4.79. The van der Waals surface area contributed by atoms with Crippen LogP contribution in [0.25, 0.3) is 6.08 Å². The minimum absolute atomic E-state index is 0.221. The average molecular weight is 301 g/mol. The summed E-state index contributed by atoms with van der Waals surface area (Å²) in [5, 5.41) is 2.28. The summed E-state index contributed by atoms with van der Waals surface area (Å²) in [6.07, 6.45) is 2.87. The lowest BCUT2D eigenvalue weighted by Gasteiger charge is -2.33. The number of rotatable bonds is 5. The Morgan fingerprint density at radius 2 is 2.05 bits per heavy atom. The SMILES string of the molecule is C=Cc1cccc(N(C=O)C2CCC(=O)NC2=O)c1N(C)C. The molecular weight excluding hydrogens is 282 g/mol. The molecule has 0 aromatic heterocycles. The van der Waals surface area contributed by atoms with E-state index in [0.717, 1.165) is 11.3 Å². The Hall–Kier alpha value is -2.63. The first-order chi connectivity index (χ1) is 10.5. The highest BCUT2D eigenvalue weighted by Gasteiger charge is 2.33. The molecule has 1 saturated heterocycles. The van der Waals surface area contributed by atoms with Crippen LogP contribution in [0, 0.1) is 0 Å². The van der Waals surface area contributed by atoms with Crippen LogP contribution in [0.5, 0.6) is 0 Å². The number of nitrogens with one attached hydrogen (secondary N) is 1. The summed E-state index contributed by atoms with van der Waals surface area (Å²) in [5.74, 6) is -0.753. The number of amides is 3. The normalized spacial score (nSPS) is 17.6. The summed E-state index contributed by atoms with van der Waals surface area (Å²) < 4.78 is 0. The van der Waals surface area contributed by atoms with Crippen molar-refractivity contribution in [1.82, 2.24) is 5.32 Å². The third-order valence-corrected chi connectivity index (χ3v) is 3.65. The molecule has 1 unspecified atom stereocenters. The molecular formula is C16H19N3O3. The molecule has 0 saturated carbocycles. The third kappa shape index (κ3) is 2.86. The topological polar surface area (TPSA) is 69.7 Å². The molecule has 6 heteroatoms. The maximum atomic E-state index is 12.0. The molecule has 6 nitrogen and oxygen atoms in total. The zero-order valence-electron chi connectivity index (χ0n) is 12.7.